The number of hydrogen-bond acceptors (Lipinski definition) is 7. The van der Waals surface area contributed by atoms with Gasteiger partial charge in [0.2, 0.25) is 17.5 Å². The summed E-state index contributed by atoms with van der Waals surface area (Å²) in [6, 6.07) is 3.04. The van der Waals surface area contributed by atoms with Crippen molar-refractivity contribution < 1.29 is 24.5 Å². The molecule has 0 aliphatic heterocycles. The molecule has 0 fully saturated rings. The number of aromatic nitrogens is 4. The summed E-state index contributed by atoms with van der Waals surface area (Å²) >= 11 is 0. The molecule has 0 spiro atoms. The Balaban J connectivity index is 2.30. The molecule has 0 saturated heterocycles. The molecule has 2 aromatic heterocycles. The summed E-state index contributed by atoms with van der Waals surface area (Å²) in [6.45, 7) is 3.10. The summed E-state index contributed by atoms with van der Waals surface area (Å²) in [6.07, 6.45) is 0. The molecule has 23 heavy (non-hydrogen) atoms. The number of ether oxygens (including phenoxy) is 2. The first-order valence-corrected chi connectivity index (χ1v) is 6.43. The number of H-pyrrole nitrogens is 1. The van der Waals surface area contributed by atoms with Crippen LogP contribution in [0.4, 0.5) is 0 Å². The minimum Gasteiger partial charge on any atom is -0.480 e. The minimum atomic E-state index is -1.26. The van der Waals surface area contributed by atoms with Crippen LogP contribution in [0, 0.1) is 11.8 Å². The second kappa shape index (κ2) is 6.33. The number of aromatic amines is 1. The van der Waals surface area contributed by atoms with Gasteiger partial charge in [-0.25, -0.2) is 9.89 Å². The molecular weight excluding hydrogens is 304 g/mol. The maximum Gasteiger partial charge on any atom is 0.359 e. The first-order valence-electron chi connectivity index (χ1n) is 6.43. The normalized spacial score (nSPS) is 10.6. The van der Waals surface area contributed by atoms with Crippen LogP contribution in [0.15, 0.2) is 12.1 Å². The van der Waals surface area contributed by atoms with Gasteiger partial charge in [-0.05, 0) is 19.9 Å². The fourth-order valence-electron chi connectivity index (χ4n) is 1.48. The predicted molar refractivity (Wildman–Crippen MR) is 77.4 cm³/mol. The number of aliphatic hydroxyl groups is 1. The number of rotatable bonds is 4. The van der Waals surface area contributed by atoms with E-state index in [0.29, 0.717) is 5.56 Å². The van der Waals surface area contributed by atoms with Gasteiger partial charge in [-0.15, -0.1) is 0 Å². The van der Waals surface area contributed by atoms with Crippen LogP contribution in [0.1, 0.15) is 29.9 Å². The Morgan fingerprint density at radius 2 is 2.09 bits per heavy atom. The van der Waals surface area contributed by atoms with E-state index in [2.05, 4.69) is 32.2 Å². The van der Waals surface area contributed by atoms with Gasteiger partial charge in [0.15, 0.2) is 0 Å². The number of aromatic carboxylic acids is 1. The smallest absolute Gasteiger partial charge is 0.359 e. The Labute approximate surface area is 131 Å². The Kier molecular flexibility index (Phi) is 4.47. The van der Waals surface area contributed by atoms with Crippen LogP contribution in [0.3, 0.4) is 0 Å². The monoisotopic (exact) mass is 318 g/mol. The van der Waals surface area contributed by atoms with Gasteiger partial charge in [-0.3, -0.25) is 0 Å². The SMILES string of the molecule is COc1nc(Oc2nn[nH]c2C(=O)O)ccc1C#CC(C)(C)O. The number of carboxylic acid groups (broad SMARTS) is 1. The molecule has 0 aromatic carbocycles. The summed E-state index contributed by atoms with van der Waals surface area (Å²) in [5.41, 5.74) is -1.01. The average Bonchev–Trinajstić information content (AvgIpc) is 2.93. The highest BCUT2D eigenvalue weighted by Gasteiger charge is 2.17. The molecule has 0 amide bonds. The first-order chi connectivity index (χ1) is 10.8. The highest BCUT2D eigenvalue weighted by molar-refractivity contribution is 5.87. The van der Waals surface area contributed by atoms with Gasteiger partial charge in [-0.2, -0.15) is 4.98 Å². The van der Waals surface area contributed by atoms with Crippen LogP contribution >= 0.6 is 0 Å². The lowest BCUT2D eigenvalue weighted by Gasteiger charge is -2.08. The highest BCUT2D eigenvalue weighted by atomic mass is 16.5. The maximum atomic E-state index is 11.0. The van der Waals surface area contributed by atoms with E-state index in [1.165, 1.54) is 13.2 Å². The van der Waals surface area contributed by atoms with Crippen molar-refractivity contribution in [1.82, 2.24) is 20.4 Å². The van der Waals surface area contributed by atoms with Crippen molar-refractivity contribution in [2.75, 3.05) is 7.11 Å². The topological polar surface area (TPSA) is 130 Å². The Morgan fingerprint density at radius 3 is 2.70 bits per heavy atom. The zero-order chi connectivity index (χ0) is 17.0. The Morgan fingerprint density at radius 1 is 1.35 bits per heavy atom. The molecule has 0 atom stereocenters. The second-order valence-electron chi connectivity index (χ2n) is 4.91. The zero-order valence-electron chi connectivity index (χ0n) is 12.6. The van der Waals surface area contributed by atoms with Gasteiger partial charge in [0.1, 0.15) is 5.60 Å². The van der Waals surface area contributed by atoms with Crippen LogP contribution < -0.4 is 9.47 Å². The third-order valence-corrected chi connectivity index (χ3v) is 2.46. The summed E-state index contributed by atoms with van der Waals surface area (Å²) in [5, 5.41) is 27.7. The maximum absolute atomic E-state index is 11.0. The van der Waals surface area contributed by atoms with Crippen molar-refractivity contribution >= 4 is 5.97 Å². The molecule has 0 unspecified atom stereocenters. The van der Waals surface area contributed by atoms with E-state index in [1.807, 2.05) is 0 Å². The van der Waals surface area contributed by atoms with Crippen LogP contribution in [0.2, 0.25) is 0 Å². The third kappa shape index (κ3) is 4.18. The van der Waals surface area contributed by atoms with Gasteiger partial charge < -0.3 is 19.7 Å². The van der Waals surface area contributed by atoms with Gasteiger partial charge >= 0.3 is 5.97 Å². The molecule has 0 radical (unpaired) electrons. The summed E-state index contributed by atoms with van der Waals surface area (Å²) in [4.78, 5) is 15.0. The number of nitrogens with zero attached hydrogens (tertiary/aromatic N) is 3. The lowest BCUT2D eigenvalue weighted by molar-refractivity contribution is 0.0687. The van der Waals surface area contributed by atoms with Crippen molar-refractivity contribution in [3.05, 3.63) is 23.4 Å². The van der Waals surface area contributed by atoms with E-state index < -0.39 is 11.6 Å². The molecule has 3 N–H and O–H groups in total. The van der Waals surface area contributed by atoms with Crippen molar-refractivity contribution in [2.45, 2.75) is 19.4 Å². The van der Waals surface area contributed by atoms with Gasteiger partial charge in [0.05, 0.1) is 12.7 Å². The molecule has 9 nitrogen and oxygen atoms in total. The van der Waals surface area contributed by atoms with E-state index in [1.54, 1.807) is 19.9 Å². The molecule has 0 bridgehead atoms. The van der Waals surface area contributed by atoms with E-state index in [9.17, 15) is 9.90 Å². The van der Waals surface area contributed by atoms with Crippen LogP contribution in [0.5, 0.6) is 17.6 Å². The molecule has 0 aliphatic rings. The third-order valence-electron chi connectivity index (χ3n) is 2.46. The van der Waals surface area contributed by atoms with E-state index in [4.69, 9.17) is 14.6 Å². The van der Waals surface area contributed by atoms with Gasteiger partial charge in [-0.1, -0.05) is 22.2 Å². The molecule has 120 valence electrons. The average molecular weight is 318 g/mol. The van der Waals surface area contributed by atoms with Crippen molar-refractivity contribution in [3.63, 3.8) is 0 Å². The van der Waals surface area contributed by atoms with Crippen molar-refractivity contribution in [1.29, 1.82) is 0 Å². The largest absolute Gasteiger partial charge is 0.480 e. The number of hydrogen-bond donors (Lipinski definition) is 3. The van der Waals surface area contributed by atoms with Crippen molar-refractivity contribution in [3.8, 4) is 29.5 Å². The summed E-state index contributed by atoms with van der Waals surface area (Å²) in [5.74, 6) is 4.14. The molecule has 2 heterocycles. The second-order valence-corrected chi connectivity index (χ2v) is 4.91. The number of pyridine rings is 1. The quantitative estimate of drug-likeness (QED) is 0.706. The number of carbonyl (C=O) groups is 1. The van der Waals surface area contributed by atoms with Crippen LogP contribution in [0.25, 0.3) is 0 Å². The summed E-state index contributed by atoms with van der Waals surface area (Å²) < 4.78 is 10.4. The molecule has 0 aliphatic carbocycles. The number of nitrogens with one attached hydrogen (secondary N) is 1. The highest BCUT2D eigenvalue weighted by Crippen LogP contribution is 2.24. The van der Waals surface area contributed by atoms with Gasteiger partial charge in [0, 0.05) is 6.07 Å². The van der Waals surface area contributed by atoms with E-state index in [0.717, 1.165) is 0 Å². The predicted octanol–water partition coefficient (Wildman–Crippen LogP) is 0.821. The first kappa shape index (κ1) is 16.3. The van der Waals surface area contributed by atoms with Crippen LogP contribution in [-0.4, -0.2) is 49.3 Å². The Hall–Kier alpha value is -3.12. The standard InChI is InChI=1S/C14H14N4O5/c1-14(2,21)7-6-8-4-5-9(15-11(8)22-3)23-12-10(13(19)20)16-18-17-12/h4-5,21H,1-3H3,(H,19,20)(H,16,17,18). The molecule has 0 saturated carbocycles. The lowest BCUT2D eigenvalue weighted by Crippen LogP contribution is -2.14. The van der Waals surface area contributed by atoms with E-state index in [-0.39, 0.29) is 23.3 Å². The molecule has 2 rings (SSSR count). The number of carboxylic acids is 1. The molecule has 2 aromatic rings. The zero-order valence-corrected chi connectivity index (χ0v) is 12.6. The minimum absolute atomic E-state index is 0.0621. The van der Waals surface area contributed by atoms with Gasteiger partial charge in [0.25, 0.3) is 5.88 Å². The van der Waals surface area contributed by atoms with Crippen LogP contribution in [-0.2, 0) is 0 Å². The summed E-state index contributed by atoms with van der Waals surface area (Å²) in [7, 11) is 1.40. The fraction of sp³-hybridized carbons (Fsp3) is 0.286. The fourth-order valence-corrected chi connectivity index (χ4v) is 1.48. The van der Waals surface area contributed by atoms with E-state index >= 15 is 0 Å². The Bertz CT molecular complexity index is 782. The van der Waals surface area contributed by atoms with Crippen molar-refractivity contribution in [2.24, 2.45) is 0 Å². The number of methoxy groups -OCH3 is 1. The molecule has 9 heteroatoms. The molecular formula is C14H14N4O5. The lowest BCUT2D eigenvalue weighted by atomic mass is 10.1.